The summed E-state index contributed by atoms with van der Waals surface area (Å²) < 4.78 is 2.21. The molecule has 0 aliphatic carbocycles. The van der Waals surface area contributed by atoms with Crippen molar-refractivity contribution in [2.24, 2.45) is 5.41 Å². The smallest absolute Gasteiger partial charge is 0.140 e. The Morgan fingerprint density at radius 2 is 2.19 bits per heavy atom. The van der Waals surface area contributed by atoms with Gasteiger partial charge in [0, 0.05) is 29.9 Å². The molecular weight excluding hydrogens is 196 g/mol. The maximum absolute atomic E-state index is 4.45. The molecule has 0 bridgehead atoms. The largest absolute Gasteiger partial charge is 0.331 e. The van der Waals surface area contributed by atoms with Crippen LogP contribution in [0.15, 0.2) is 31.1 Å². The molecule has 0 unspecified atom stereocenters. The van der Waals surface area contributed by atoms with Crippen LogP contribution in [0, 0.1) is 5.41 Å². The van der Waals surface area contributed by atoms with Crippen molar-refractivity contribution >= 4 is 17.1 Å². The minimum Gasteiger partial charge on any atom is -0.331 e. The molecule has 84 valence electrons. The second kappa shape index (κ2) is 3.78. The van der Waals surface area contributed by atoms with Crippen molar-refractivity contribution in [2.45, 2.75) is 27.3 Å². The van der Waals surface area contributed by atoms with Crippen molar-refractivity contribution < 1.29 is 0 Å². The third-order valence-electron chi connectivity index (χ3n) is 2.53. The molecule has 0 amide bonds. The van der Waals surface area contributed by atoms with Crippen LogP contribution in [0.3, 0.4) is 0 Å². The molecule has 0 aliphatic rings. The lowest BCUT2D eigenvalue weighted by molar-refractivity contribution is 0.348. The van der Waals surface area contributed by atoms with Crippen LogP contribution >= 0.6 is 0 Å². The van der Waals surface area contributed by atoms with Gasteiger partial charge >= 0.3 is 0 Å². The summed E-state index contributed by atoms with van der Waals surface area (Å²) in [6, 6.07) is 4.06. The summed E-state index contributed by atoms with van der Waals surface area (Å²) in [4.78, 5) is 4.45. The average Bonchev–Trinajstić information content (AvgIpc) is 2.55. The first-order chi connectivity index (χ1) is 7.51. The Bertz CT molecular complexity index is 515. The molecule has 2 rings (SSSR count). The van der Waals surface area contributed by atoms with E-state index in [1.54, 1.807) is 0 Å². The van der Waals surface area contributed by atoms with Gasteiger partial charge in [0.1, 0.15) is 5.65 Å². The number of hydrogen-bond acceptors (Lipinski definition) is 1. The van der Waals surface area contributed by atoms with E-state index in [9.17, 15) is 0 Å². The second-order valence-corrected chi connectivity index (χ2v) is 5.35. The topological polar surface area (TPSA) is 17.8 Å². The maximum atomic E-state index is 4.45. The summed E-state index contributed by atoms with van der Waals surface area (Å²) in [6.45, 7) is 11.5. The number of fused-ring (bicyclic) bond motifs is 1. The molecule has 2 heterocycles. The van der Waals surface area contributed by atoms with Crippen molar-refractivity contribution in [2.75, 3.05) is 0 Å². The number of hydrogen-bond donors (Lipinski definition) is 0. The molecule has 0 saturated heterocycles. The van der Waals surface area contributed by atoms with Gasteiger partial charge < -0.3 is 4.57 Å². The standard InChI is InChI=1S/C14H18N2/c1-5-11-9-16(10-14(2,3)4)13-12(11)7-6-8-15-13/h5-9H,1,10H2,2-4H3. The molecule has 0 atom stereocenters. The Hall–Kier alpha value is -1.57. The Balaban J connectivity index is 2.58. The third kappa shape index (κ3) is 2.01. The van der Waals surface area contributed by atoms with Gasteiger partial charge in [0.15, 0.2) is 0 Å². The fraction of sp³-hybridized carbons (Fsp3) is 0.357. The zero-order chi connectivity index (χ0) is 11.8. The van der Waals surface area contributed by atoms with Crippen LogP contribution in [-0.2, 0) is 6.54 Å². The van der Waals surface area contributed by atoms with E-state index in [4.69, 9.17) is 0 Å². The first kappa shape index (κ1) is 10.9. The SMILES string of the molecule is C=Cc1cn(CC(C)(C)C)c2ncccc12. The number of rotatable bonds is 2. The van der Waals surface area contributed by atoms with Crippen LogP contribution in [0.25, 0.3) is 17.1 Å². The van der Waals surface area contributed by atoms with Gasteiger partial charge in [-0.2, -0.15) is 0 Å². The van der Waals surface area contributed by atoms with E-state index in [0.29, 0.717) is 0 Å². The van der Waals surface area contributed by atoms with Crippen molar-refractivity contribution in [1.82, 2.24) is 9.55 Å². The molecule has 2 heteroatoms. The van der Waals surface area contributed by atoms with Gasteiger partial charge in [0.25, 0.3) is 0 Å². The van der Waals surface area contributed by atoms with Gasteiger partial charge in [0.05, 0.1) is 0 Å². The molecular formula is C14H18N2. The molecule has 0 radical (unpaired) electrons. The molecule has 2 aromatic heterocycles. The molecule has 2 aromatic rings. The zero-order valence-electron chi connectivity index (χ0n) is 10.2. The first-order valence-corrected chi connectivity index (χ1v) is 5.57. The summed E-state index contributed by atoms with van der Waals surface area (Å²) in [5, 5.41) is 1.18. The molecule has 0 fully saturated rings. The number of aromatic nitrogens is 2. The lowest BCUT2D eigenvalue weighted by Crippen LogP contribution is -2.14. The summed E-state index contributed by atoms with van der Waals surface area (Å²) in [6.07, 6.45) is 5.87. The molecule has 16 heavy (non-hydrogen) atoms. The van der Waals surface area contributed by atoms with Gasteiger partial charge in [-0.25, -0.2) is 4.98 Å². The van der Waals surface area contributed by atoms with E-state index >= 15 is 0 Å². The van der Waals surface area contributed by atoms with Gasteiger partial charge in [-0.3, -0.25) is 0 Å². The van der Waals surface area contributed by atoms with E-state index in [1.807, 2.05) is 18.3 Å². The minimum atomic E-state index is 0.252. The summed E-state index contributed by atoms with van der Waals surface area (Å²) in [7, 11) is 0. The summed E-state index contributed by atoms with van der Waals surface area (Å²) in [5.41, 5.74) is 2.46. The zero-order valence-corrected chi connectivity index (χ0v) is 10.2. The lowest BCUT2D eigenvalue weighted by Gasteiger charge is -2.19. The quantitative estimate of drug-likeness (QED) is 0.745. The van der Waals surface area contributed by atoms with Crippen molar-refractivity contribution in [3.05, 3.63) is 36.7 Å². The van der Waals surface area contributed by atoms with E-state index in [-0.39, 0.29) is 5.41 Å². The highest BCUT2D eigenvalue weighted by Crippen LogP contribution is 2.24. The van der Waals surface area contributed by atoms with E-state index in [0.717, 1.165) is 17.8 Å². The Kier molecular flexibility index (Phi) is 2.58. The lowest BCUT2D eigenvalue weighted by atomic mass is 9.97. The fourth-order valence-electron chi connectivity index (χ4n) is 1.94. The molecule has 0 spiro atoms. The van der Waals surface area contributed by atoms with Crippen molar-refractivity contribution in [1.29, 1.82) is 0 Å². The maximum Gasteiger partial charge on any atom is 0.140 e. The highest BCUT2D eigenvalue weighted by atomic mass is 15.0. The van der Waals surface area contributed by atoms with Gasteiger partial charge in [-0.15, -0.1) is 0 Å². The van der Waals surface area contributed by atoms with Crippen LogP contribution < -0.4 is 0 Å². The molecule has 0 N–H and O–H groups in total. The fourth-order valence-corrected chi connectivity index (χ4v) is 1.94. The second-order valence-electron chi connectivity index (χ2n) is 5.35. The molecule has 0 saturated carbocycles. The van der Waals surface area contributed by atoms with Crippen molar-refractivity contribution in [3.63, 3.8) is 0 Å². The first-order valence-electron chi connectivity index (χ1n) is 5.57. The van der Waals surface area contributed by atoms with E-state index < -0.39 is 0 Å². The van der Waals surface area contributed by atoms with Gasteiger partial charge in [-0.05, 0) is 17.5 Å². The van der Waals surface area contributed by atoms with Crippen molar-refractivity contribution in [3.8, 4) is 0 Å². The minimum absolute atomic E-state index is 0.252. The van der Waals surface area contributed by atoms with Crippen LogP contribution in [-0.4, -0.2) is 9.55 Å². The Morgan fingerprint density at radius 3 is 2.81 bits per heavy atom. The number of nitrogens with zero attached hydrogens (tertiary/aromatic N) is 2. The predicted octanol–water partition coefficient (Wildman–Crippen LogP) is 3.73. The molecule has 0 aromatic carbocycles. The summed E-state index contributed by atoms with van der Waals surface area (Å²) >= 11 is 0. The Morgan fingerprint density at radius 1 is 1.44 bits per heavy atom. The third-order valence-corrected chi connectivity index (χ3v) is 2.53. The Labute approximate surface area is 96.6 Å². The summed E-state index contributed by atoms with van der Waals surface area (Å²) in [5.74, 6) is 0. The van der Waals surface area contributed by atoms with Crippen LogP contribution in [0.5, 0.6) is 0 Å². The normalized spacial score (nSPS) is 11.9. The van der Waals surface area contributed by atoms with Crippen LogP contribution in [0.1, 0.15) is 26.3 Å². The van der Waals surface area contributed by atoms with Gasteiger partial charge in [0.2, 0.25) is 0 Å². The van der Waals surface area contributed by atoms with Crippen LogP contribution in [0.4, 0.5) is 0 Å². The highest BCUT2D eigenvalue weighted by Gasteiger charge is 2.14. The highest BCUT2D eigenvalue weighted by molar-refractivity contribution is 5.86. The monoisotopic (exact) mass is 214 g/mol. The van der Waals surface area contributed by atoms with E-state index in [1.165, 1.54) is 5.39 Å². The van der Waals surface area contributed by atoms with E-state index in [2.05, 4.69) is 49.2 Å². The predicted molar refractivity (Wildman–Crippen MR) is 69.3 cm³/mol. The number of pyridine rings is 1. The average molecular weight is 214 g/mol. The van der Waals surface area contributed by atoms with Crippen LogP contribution in [0.2, 0.25) is 0 Å². The van der Waals surface area contributed by atoms with Gasteiger partial charge in [-0.1, -0.05) is 33.4 Å². The molecule has 0 aliphatic heterocycles. The molecule has 2 nitrogen and oxygen atoms in total.